The van der Waals surface area contributed by atoms with E-state index >= 15 is 0 Å². The predicted octanol–water partition coefficient (Wildman–Crippen LogP) is 1.42. The van der Waals surface area contributed by atoms with Gasteiger partial charge in [-0.25, -0.2) is 9.50 Å². The minimum Gasteiger partial charge on any atom is -0.340 e. The Hall–Kier alpha value is -3.29. The van der Waals surface area contributed by atoms with E-state index in [1.54, 1.807) is 12.3 Å². The second-order valence-corrected chi connectivity index (χ2v) is 5.73. The number of hydrogen-bond donors (Lipinski definition) is 2. The van der Waals surface area contributed by atoms with Gasteiger partial charge >= 0.3 is 0 Å². The standard InChI is InChI=1S/C17H18N6O2/c1-10-5-4-6-11(2)14(10)20-13(24)9-19-16(25)15-21-17-18-8-7-12(3)23(17)22-15/h4-8H,9H2,1-3H3,(H,19,25)(H,20,24). The second-order valence-electron chi connectivity index (χ2n) is 5.73. The van der Waals surface area contributed by atoms with E-state index in [9.17, 15) is 9.59 Å². The molecule has 2 amide bonds. The molecule has 8 nitrogen and oxygen atoms in total. The highest BCUT2D eigenvalue weighted by molar-refractivity contribution is 5.98. The van der Waals surface area contributed by atoms with Gasteiger partial charge in [0.15, 0.2) is 0 Å². The van der Waals surface area contributed by atoms with Crippen LogP contribution in [0.1, 0.15) is 27.4 Å². The number of carbonyl (C=O) groups excluding carboxylic acids is 2. The monoisotopic (exact) mass is 338 g/mol. The molecule has 0 saturated heterocycles. The molecule has 0 aliphatic heterocycles. The second kappa shape index (κ2) is 6.68. The lowest BCUT2D eigenvalue weighted by atomic mass is 10.1. The van der Waals surface area contributed by atoms with Crippen molar-refractivity contribution in [1.82, 2.24) is 24.9 Å². The molecule has 0 spiro atoms. The lowest BCUT2D eigenvalue weighted by Gasteiger charge is -2.11. The molecule has 0 fully saturated rings. The molecule has 0 bridgehead atoms. The van der Waals surface area contributed by atoms with E-state index in [4.69, 9.17) is 0 Å². The zero-order valence-electron chi connectivity index (χ0n) is 14.2. The van der Waals surface area contributed by atoms with Gasteiger partial charge in [0, 0.05) is 17.6 Å². The topological polar surface area (TPSA) is 101 Å². The smallest absolute Gasteiger partial charge is 0.291 e. The summed E-state index contributed by atoms with van der Waals surface area (Å²) in [7, 11) is 0. The van der Waals surface area contributed by atoms with Gasteiger partial charge in [0.2, 0.25) is 11.7 Å². The van der Waals surface area contributed by atoms with Crippen molar-refractivity contribution < 1.29 is 9.59 Å². The first-order valence-corrected chi connectivity index (χ1v) is 7.78. The van der Waals surface area contributed by atoms with E-state index in [1.165, 1.54) is 4.52 Å². The lowest BCUT2D eigenvalue weighted by Crippen LogP contribution is -2.33. The Morgan fingerprint density at radius 1 is 1.12 bits per heavy atom. The normalized spacial score (nSPS) is 10.7. The minimum atomic E-state index is -0.526. The Morgan fingerprint density at radius 2 is 1.84 bits per heavy atom. The Kier molecular flexibility index (Phi) is 4.42. The summed E-state index contributed by atoms with van der Waals surface area (Å²) in [5.74, 6) is -0.530. The summed E-state index contributed by atoms with van der Waals surface area (Å²) in [6, 6.07) is 7.52. The molecular formula is C17H18N6O2. The third kappa shape index (κ3) is 3.47. The molecule has 128 valence electrons. The Labute approximate surface area is 144 Å². The van der Waals surface area contributed by atoms with Gasteiger partial charge in [-0.3, -0.25) is 9.59 Å². The molecule has 0 radical (unpaired) electrons. The summed E-state index contributed by atoms with van der Waals surface area (Å²) in [5.41, 5.74) is 3.49. The van der Waals surface area contributed by atoms with E-state index in [0.717, 1.165) is 22.5 Å². The summed E-state index contributed by atoms with van der Waals surface area (Å²) >= 11 is 0. The van der Waals surface area contributed by atoms with Crippen molar-refractivity contribution in [3.8, 4) is 0 Å². The number of nitrogens with one attached hydrogen (secondary N) is 2. The highest BCUT2D eigenvalue weighted by atomic mass is 16.2. The van der Waals surface area contributed by atoms with Crippen molar-refractivity contribution in [2.45, 2.75) is 20.8 Å². The molecule has 0 aliphatic rings. The first kappa shape index (κ1) is 16.6. The average molecular weight is 338 g/mol. The van der Waals surface area contributed by atoms with Crippen molar-refractivity contribution in [2.75, 3.05) is 11.9 Å². The Balaban J connectivity index is 1.65. The summed E-state index contributed by atoms with van der Waals surface area (Å²) < 4.78 is 1.48. The fourth-order valence-electron chi connectivity index (χ4n) is 2.44. The number of hydrogen-bond acceptors (Lipinski definition) is 5. The van der Waals surface area contributed by atoms with Crippen LogP contribution in [-0.2, 0) is 4.79 Å². The number of anilines is 1. The number of carbonyl (C=O) groups is 2. The predicted molar refractivity (Wildman–Crippen MR) is 92.4 cm³/mol. The molecule has 0 atom stereocenters. The van der Waals surface area contributed by atoms with Gasteiger partial charge in [-0.1, -0.05) is 18.2 Å². The first-order valence-electron chi connectivity index (χ1n) is 7.78. The minimum absolute atomic E-state index is 0.0262. The van der Waals surface area contributed by atoms with Crippen LogP contribution in [0.25, 0.3) is 5.78 Å². The quantitative estimate of drug-likeness (QED) is 0.749. The van der Waals surface area contributed by atoms with Crippen molar-refractivity contribution >= 4 is 23.3 Å². The van der Waals surface area contributed by atoms with Gasteiger partial charge in [0.05, 0.1) is 6.54 Å². The van der Waals surface area contributed by atoms with Gasteiger partial charge in [0.1, 0.15) is 0 Å². The molecule has 8 heteroatoms. The van der Waals surface area contributed by atoms with Crippen molar-refractivity contribution in [3.63, 3.8) is 0 Å². The lowest BCUT2D eigenvalue weighted by molar-refractivity contribution is -0.115. The SMILES string of the molecule is Cc1cccc(C)c1NC(=O)CNC(=O)c1nc2nccc(C)n2n1. The molecule has 2 heterocycles. The van der Waals surface area contributed by atoms with Gasteiger partial charge in [-0.2, -0.15) is 4.98 Å². The molecular weight excluding hydrogens is 320 g/mol. The van der Waals surface area contributed by atoms with Crippen molar-refractivity contribution in [1.29, 1.82) is 0 Å². The molecule has 3 rings (SSSR count). The summed E-state index contributed by atoms with van der Waals surface area (Å²) in [4.78, 5) is 32.4. The van der Waals surface area contributed by atoms with Crippen LogP contribution >= 0.6 is 0 Å². The number of rotatable bonds is 4. The number of para-hydroxylation sites is 1. The van der Waals surface area contributed by atoms with Gasteiger partial charge < -0.3 is 10.6 Å². The zero-order valence-corrected chi connectivity index (χ0v) is 14.2. The Bertz CT molecular complexity index is 943. The van der Waals surface area contributed by atoms with E-state index in [2.05, 4.69) is 25.7 Å². The maximum absolute atomic E-state index is 12.2. The third-order valence-corrected chi connectivity index (χ3v) is 3.79. The number of aryl methyl sites for hydroxylation is 3. The third-order valence-electron chi connectivity index (χ3n) is 3.79. The van der Waals surface area contributed by atoms with E-state index in [0.29, 0.717) is 5.78 Å². The summed E-state index contributed by atoms with van der Waals surface area (Å²) in [6.07, 6.45) is 1.60. The zero-order chi connectivity index (χ0) is 18.0. The number of amides is 2. The Morgan fingerprint density at radius 3 is 2.52 bits per heavy atom. The molecule has 0 aliphatic carbocycles. The van der Waals surface area contributed by atoms with Crippen LogP contribution in [0.3, 0.4) is 0 Å². The highest BCUT2D eigenvalue weighted by Gasteiger charge is 2.15. The van der Waals surface area contributed by atoms with Crippen LogP contribution in [0.2, 0.25) is 0 Å². The number of benzene rings is 1. The number of nitrogens with zero attached hydrogens (tertiary/aromatic N) is 4. The number of fused-ring (bicyclic) bond motifs is 1. The fourth-order valence-corrected chi connectivity index (χ4v) is 2.44. The van der Waals surface area contributed by atoms with Gasteiger partial charge in [0.25, 0.3) is 11.7 Å². The molecule has 0 unspecified atom stereocenters. The van der Waals surface area contributed by atoms with Crippen LogP contribution in [0.5, 0.6) is 0 Å². The first-order chi connectivity index (χ1) is 12.0. The van der Waals surface area contributed by atoms with Crippen LogP contribution in [0.4, 0.5) is 5.69 Å². The largest absolute Gasteiger partial charge is 0.340 e. The average Bonchev–Trinajstić information content (AvgIpc) is 3.02. The van der Waals surface area contributed by atoms with Gasteiger partial charge in [-0.05, 0) is 38.0 Å². The maximum Gasteiger partial charge on any atom is 0.291 e. The molecule has 1 aromatic carbocycles. The van der Waals surface area contributed by atoms with E-state index < -0.39 is 5.91 Å². The molecule has 2 aromatic heterocycles. The van der Waals surface area contributed by atoms with Crippen LogP contribution < -0.4 is 10.6 Å². The van der Waals surface area contributed by atoms with Gasteiger partial charge in [-0.15, -0.1) is 5.10 Å². The molecule has 0 saturated carbocycles. The van der Waals surface area contributed by atoms with E-state index in [1.807, 2.05) is 39.0 Å². The molecule has 25 heavy (non-hydrogen) atoms. The summed E-state index contributed by atoms with van der Waals surface area (Å²) in [6.45, 7) is 5.49. The number of aromatic nitrogens is 4. The molecule has 3 aromatic rings. The maximum atomic E-state index is 12.2. The van der Waals surface area contributed by atoms with E-state index in [-0.39, 0.29) is 18.3 Å². The van der Waals surface area contributed by atoms with Crippen LogP contribution in [-0.4, -0.2) is 37.9 Å². The highest BCUT2D eigenvalue weighted by Crippen LogP contribution is 2.18. The van der Waals surface area contributed by atoms with Crippen molar-refractivity contribution in [3.05, 3.63) is 53.1 Å². The fraction of sp³-hybridized carbons (Fsp3) is 0.235. The summed E-state index contributed by atoms with van der Waals surface area (Å²) in [5, 5.41) is 9.43. The van der Waals surface area contributed by atoms with Crippen LogP contribution in [0, 0.1) is 20.8 Å². The van der Waals surface area contributed by atoms with Crippen LogP contribution in [0.15, 0.2) is 30.5 Å². The molecule has 2 N–H and O–H groups in total. The van der Waals surface area contributed by atoms with Crippen molar-refractivity contribution in [2.24, 2.45) is 0 Å².